The molecule has 0 fully saturated rings. The zero-order chi connectivity index (χ0) is 13.6. The average molecular weight is 269 g/mol. The summed E-state index contributed by atoms with van der Waals surface area (Å²) in [5, 5.41) is 11.8. The minimum absolute atomic E-state index is 0.0397. The number of nitrogens with one attached hydrogen (secondary N) is 1. The molecule has 1 aromatic rings. The van der Waals surface area contributed by atoms with Crippen LogP contribution in [0.15, 0.2) is 28.2 Å². The Morgan fingerprint density at radius 1 is 1.56 bits per heavy atom. The van der Waals surface area contributed by atoms with Gasteiger partial charge in [0.15, 0.2) is 0 Å². The van der Waals surface area contributed by atoms with Crippen molar-refractivity contribution in [3.05, 3.63) is 40.0 Å². The topological polar surface area (TPSA) is 119 Å². The predicted molar refractivity (Wildman–Crippen MR) is 60.3 cm³/mol. The molecule has 7 nitrogen and oxygen atoms in total. The van der Waals surface area contributed by atoms with Gasteiger partial charge in [-0.25, -0.2) is 17.5 Å². The first-order valence-corrected chi connectivity index (χ1v) is 6.20. The van der Waals surface area contributed by atoms with Crippen molar-refractivity contribution >= 4 is 10.0 Å². The van der Waals surface area contributed by atoms with E-state index in [1.165, 1.54) is 0 Å². The Balaban J connectivity index is 2.92. The molecule has 0 aromatic heterocycles. The number of benzene rings is 1. The quantitative estimate of drug-likeness (QED) is 0.375. The van der Waals surface area contributed by atoms with Gasteiger partial charge in [-0.1, -0.05) is 5.11 Å². The Labute approximate surface area is 103 Å². The van der Waals surface area contributed by atoms with Crippen LogP contribution >= 0.6 is 0 Å². The predicted octanol–water partition coefficient (Wildman–Crippen LogP) is 1.29. The lowest BCUT2D eigenvalue weighted by atomic mass is 10.2. The number of azide groups is 1. The largest absolute Gasteiger partial charge is 0.240 e. The van der Waals surface area contributed by atoms with E-state index in [-0.39, 0.29) is 23.5 Å². The van der Waals surface area contributed by atoms with E-state index < -0.39 is 15.8 Å². The van der Waals surface area contributed by atoms with Gasteiger partial charge in [-0.15, -0.1) is 0 Å². The molecule has 0 saturated carbocycles. The fourth-order valence-corrected chi connectivity index (χ4v) is 2.16. The summed E-state index contributed by atoms with van der Waals surface area (Å²) < 4.78 is 38.6. The number of rotatable bonds is 5. The highest BCUT2D eigenvalue weighted by Gasteiger charge is 2.15. The van der Waals surface area contributed by atoms with Crippen LogP contribution in [0.3, 0.4) is 0 Å². The zero-order valence-corrected chi connectivity index (χ0v) is 9.85. The van der Waals surface area contributed by atoms with Gasteiger partial charge in [-0.2, -0.15) is 5.26 Å². The lowest BCUT2D eigenvalue weighted by molar-refractivity contribution is 0.581. The molecule has 0 aliphatic heterocycles. The molecule has 0 saturated heterocycles. The molecule has 1 rings (SSSR count). The molecule has 0 bridgehead atoms. The van der Waals surface area contributed by atoms with Gasteiger partial charge in [0.2, 0.25) is 10.0 Å². The van der Waals surface area contributed by atoms with Crippen molar-refractivity contribution in [2.45, 2.75) is 4.90 Å². The first-order valence-electron chi connectivity index (χ1n) is 4.71. The van der Waals surface area contributed by atoms with Crippen molar-refractivity contribution in [3.8, 4) is 6.07 Å². The highest BCUT2D eigenvalue weighted by molar-refractivity contribution is 7.89. The standard InChI is InChI=1S/C9H8FN5O2S/c10-9-2-1-8(5-7(9)6-11)18(16,17)14-4-3-13-15-12/h1-2,5,14H,3-4H2. The zero-order valence-electron chi connectivity index (χ0n) is 9.04. The molecule has 0 atom stereocenters. The highest BCUT2D eigenvalue weighted by atomic mass is 32.2. The Morgan fingerprint density at radius 2 is 2.28 bits per heavy atom. The van der Waals surface area contributed by atoms with E-state index in [1.54, 1.807) is 6.07 Å². The third kappa shape index (κ3) is 3.43. The average Bonchev–Trinajstić information content (AvgIpc) is 2.35. The fraction of sp³-hybridized carbons (Fsp3) is 0.222. The lowest BCUT2D eigenvalue weighted by Crippen LogP contribution is -2.26. The molecule has 1 aromatic carbocycles. The molecule has 0 unspecified atom stereocenters. The molecule has 0 radical (unpaired) electrons. The normalized spacial score (nSPS) is 10.4. The summed E-state index contributed by atoms with van der Waals surface area (Å²) in [6, 6.07) is 4.44. The van der Waals surface area contributed by atoms with Gasteiger partial charge in [0.25, 0.3) is 0 Å². The third-order valence-corrected chi connectivity index (χ3v) is 3.39. The number of halogens is 1. The second-order valence-electron chi connectivity index (χ2n) is 3.11. The van der Waals surface area contributed by atoms with E-state index in [4.69, 9.17) is 10.8 Å². The molecular formula is C9H8FN5O2S. The molecule has 94 valence electrons. The first kappa shape index (κ1) is 13.9. The van der Waals surface area contributed by atoms with Crippen LogP contribution in [-0.4, -0.2) is 21.5 Å². The van der Waals surface area contributed by atoms with Crippen LogP contribution in [0, 0.1) is 17.1 Å². The number of nitrogens with zero attached hydrogens (tertiary/aromatic N) is 4. The fourth-order valence-electron chi connectivity index (χ4n) is 1.12. The molecule has 0 spiro atoms. The smallest absolute Gasteiger partial charge is 0.211 e. The van der Waals surface area contributed by atoms with Crippen molar-refractivity contribution < 1.29 is 12.8 Å². The molecule has 1 N–H and O–H groups in total. The highest BCUT2D eigenvalue weighted by Crippen LogP contribution is 2.14. The van der Waals surface area contributed by atoms with Crippen molar-refractivity contribution in [2.75, 3.05) is 13.1 Å². The van der Waals surface area contributed by atoms with E-state index in [0.29, 0.717) is 0 Å². The van der Waals surface area contributed by atoms with Gasteiger partial charge in [-0.05, 0) is 23.7 Å². The Kier molecular flexibility index (Phi) is 4.62. The number of hydrogen-bond acceptors (Lipinski definition) is 4. The van der Waals surface area contributed by atoms with Crippen LogP contribution in [0.2, 0.25) is 0 Å². The van der Waals surface area contributed by atoms with Crippen molar-refractivity contribution in [1.82, 2.24) is 4.72 Å². The van der Waals surface area contributed by atoms with Gasteiger partial charge >= 0.3 is 0 Å². The second kappa shape index (κ2) is 5.97. The van der Waals surface area contributed by atoms with E-state index in [2.05, 4.69) is 14.7 Å². The first-order chi connectivity index (χ1) is 8.51. The summed E-state index contributed by atoms with van der Waals surface area (Å²) in [5.74, 6) is -0.787. The summed E-state index contributed by atoms with van der Waals surface area (Å²) in [4.78, 5) is 2.24. The van der Waals surface area contributed by atoms with Crippen molar-refractivity contribution in [2.24, 2.45) is 5.11 Å². The maximum atomic E-state index is 13.0. The minimum atomic E-state index is -3.84. The molecular weight excluding hydrogens is 261 g/mol. The molecule has 0 aliphatic carbocycles. The van der Waals surface area contributed by atoms with Gasteiger partial charge in [0, 0.05) is 18.0 Å². The maximum absolute atomic E-state index is 13.0. The summed E-state index contributed by atoms with van der Waals surface area (Å²) in [6.45, 7) is -0.117. The van der Waals surface area contributed by atoms with Crippen LogP contribution in [-0.2, 0) is 10.0 Å². The molecule has 0 amide bonds. The van der Waals surface area contributed by atoms with E-state index in [0.717, 1.165) is 18.2 Å². The van der Waals surface area contributed by atoms with Crippen molar-refractivity contribution in [3.63, 3.8) is 0 Å². The Hall–Kier alpha value is -2.14. The summed E-state index contributed by atoms with van der Waals surface area (Å²) >= 11 is 0. The summed E-state index contributed by atoms with van der Waals surface area (Å²) in [6.07, 6.45) is 0. The van der Waals surface area contributed by atoms with E-state index >= 15 is 0 Å². The Bertz CT molecular complexity index is 631. The Morgan fingerprint density at radius 3 is 2.89 bits per heavy atom. The van der Waals surface area contributed by atoms with Crippen LogP contribution < -0.4 is 4.72 Å². The van der Waals surface area contributed by atoms with Crippen LogP contribution in [0.4, 0.5) is 4.39 Å². The maximum Gasteiger partial charge on any atom is 0.240 e. The van der Waals surface area contributed by atoms with Crippen molar-refractivity contribution in [1.29, 1.82) is 5.26 Å². The minimum Gasteiger partial charge on any atom is -0.211 e. The summed E-state index contributed by atoms with van der Waals surface area (Å²) in [7, 11) is -3.84. The molecule has 0 heterocycles. The van der Waals surface area contributed by atoms with E-state index in [1.807, 2.05) is 0 Å². The van der Waals surface area contributed by atoms with Gasteiger partial charge in [-0.3, -0.25) is 0 Å². The SMILES string of the molecule is N#Cc1cc(S(=O)(=O)NCCN=[N+]=[N-])ccc1F. The van der Waals surface area contributed by atoms with E-state index in [9.17, 15) is 12.8 Å². The van der Waals surface area contributed by atoms with Crippen LogP contribution in [0.1, 0.15) is 5.56 Å². The molecule has 0 aliphatic rings. The number of nitriles is 1. The van der Waals surface area contributed by atoms with Crippen LogP contribution in [0.5, 0.6) is 0 Å². The number of sulfonamides is 1. The lowest BCUT2D eigenvalue weighted by Gasteiger charge is -2.05. The summed E-state index contributed by atoms with van der Waals surface area (Å²) in [5.41, 5.74) is 7.66. The second-order valence-corrected chi connectivity index (χ2v) is 4.87. The molecule has 9 heteroatoms. The van der Waals surface area contributed by atoms with Gasteiger partial charge < -0.3 is 0 Å². The third-order valence-electron chi connectivity index (χ3n) is 1.94. The van der Waals surface area contributed by atoms with Crippen LogP contribution in [0.25, 0.3) is 10.4 Å². The van der Waals surface area contributed by atoms with Gasteiger partial charge in [0.05, 0.1) is 10.5 Å². The monoisotopic (exact) mass is 269 g/mol. The number of hydrogen-bond donors (Lipinski definition) is 1. The van der Waals surface area contributed by atoms with Gasteiger partial charge in [0.1, 0.15) is 11.9 Å². The molecule has 18 heavy (non-hydrogen) atoms.